The van der Waals surface area contributed by atoms with Crippen LogP contribution in [0.25, 0.3) is 0 Å². The molecule has 0 aromatic heterocycles. The number of piperidine rings is 1. The van der Waals surface area contributed by atoms with Gasteiger partial charge in [0.05, 0.1) is 0 Å². The Hall–Kier alpha value is -1.59. The molecule has 2 atom stereocenters. The van der Waals surface area contributed by atoms with Gasteiger partial charge in [0, 0.05) is 24.3 Å². The molecule has 1 saturated heterocycles. The molecule has 21 heavy (non-hydrogen) atoms. The van der Waals surface area contributed by atoms with E-state index in [0.29, 0.717) is 0 Å². The van der Waals surface area contributed by atoms with Crippen molar-refractivity contribution in [1.82, 2.24) is 10.2 Å². The largest absolute Gasteiger partial charge is 0.334 e. The van der Waals surface area contributed by atoms with Gasteiger partial charge in [0.1, 0.15) is 0 Å². The number of hydrogen-bond donors (Lipinski definition) is 3. The first kappa shape index (κ1) is 15.8. The number of anilines is 1. The molecule has 1 aromatic carbocycles. The highest BCUT2D eigenvalue weighted by Crippen LogP contribution is 2.16. The molecule has 0 saturated carbocycles. The Labute approximate surface area is 126 Å². The minimum Gasteiger partial charge on any atom is -0.334 e. The fourth-order valence-corrected chi connectivity index (χ4v) is 2.71. The van der Waals surface area contributed by atoms with Crippen LogP contribution in [0.3, 0.4) is 0 Å². The van der Waals surface area contributed by atoms with E-state index < -0.39 is 0 Å². The molecule has 1 aliphatic heterocycles. The van der Waals surface area contributed by atoms with Crippen LogP contribution in [0.5, 0.6) is 0 Å². The Balaban J connectivity index is 1.88. The second-order valence-electron chi connectivity index (χ2n) is 5.74. The van der Waals surface area contributed by atoms with Crippen molar-refractivity contribution in [2.45, 2.75) is 38.8 Å². The summed E-state index contributed by atoms with van der Waals surface area (Å²) in [5.74, 6) is 0. The van der Waals surface area contributed by atoms with Gasteiger partial charge < -0.3 is 21.3 Å². The molecule has 2 unspecified atom stereocenters. The van der Waals surface area contributed by atoms with Gasteiger partial charge in [-0.25, -0.2) is 4.79 Å². The lowest BCUT2D eigenvalue weighted by atomic mass is 10.1. The Morgan fingerprint density at radius 2 is 2.33 bits per heavy atom. The molecule has 4 N–H and O–H groups in total. The van der Waals surface area contributed by atoms with E-state index in [0.717, 1.165) is 43.7 Å². The van der Waals surface area contributed by atoms with Crippen LogP contribution >= 0.6 is 0 Å². The molecule has 1 aromatic rings. The topological polar surface area (TPSA) is 70.4 Å². The summed E-state index contributed by atoms with van der Waals surface area (Å²) in [5, 5.41) is 5.95. The number of nitrogens with two attached hydrogens (primary N) is 1. The van der Waals surface area contributed by atoms with Crippen LogP contribution < -0.4 is 16.4 Å². The van der Waals surface area contributed by atoms with E-state index >= 15 is 0 Å². The molecule has 2 amide bonds. The number of hydrogen-bond acceptors (Lipinski definition) is 3. The van der Waals surface area contributed by atoms with Crippen molar-refractivity contribution in [2.24, 2.45) is 5.73 Å². The lowest BCUT2D eigenvalue weighted by Crippen LogP contribution is -2.48. The number of urea groups is 1. The summed E-state index contributed by atoms with van der Waals surface area (Å²) in [5.41, 5.74) is 7.66. The van der Waals surface area contributed by atoms with Crippen LogP contribution in [0.2, 0.25) is 0 Å². The third-order valence-corrected chi connectivity index (χ3v) is 3.96. The highest BCUT2D eigenvalue weighted by Gasteiger charge is 2.20. The van der Waals surface area contributed by atoms with Gasteiger partial charge in [-0.2, -0.15) is 0 Å². The lowest BCUT2D eigenvalue weighted by Gasteiger charge is -2.32. The van der Waals surface area contributed by atoms with Crippen molar-refractivity contribution >= 4 is 11.7 Å². The Morgan fingerprint density at radius 3 is 3.05 bits per heavy atom. The first-order valence-electron chi connectivity index (χ1n) is 7.74. The summed E-state index contributed by atoms with van der Waals surface area (Å²) >= 11 is 0. The number of carbonyl (C=O) groups is 1. The van der Waals surface area contributed by atoms with Crippen molar-refractivity contribution in [2.75, 3.05) is 25.0 Å². The van der Waals surface area contributed by atoms with Crippen LogP contribution in [0, 0.1) is 0 Å². The number of likely N-dealkylation sites (N-methyl/N-ethyl adjacent to an activating group) is 1. The molecule has 0 radical (unpaired) electrons. The molecule has 5 nitrogen and oxygen atoms in total. The van der Waals surface area contributed by atoms with Crippen LogP contribution in [-0.2, 0) is 0 Å². The van der Waals surface area contributed by atoms with Gasteiger partial charge >= 0.3 is 6.03 Å². The number of benzene rings is 1. The maximum Gasteiger partial charge on any atom is 0.319 e. The van der Waals surface area contributed by atoms with Crippen molar-refractivity contribution in [3.05, 3.63) is 29.8 Å². The number of rotatable bonds is 4. The maximum absolute atomic E-state index is 12.1. The van der Waals surface area contributed by atoms with Crippen molar-refractivity contribution in [1.29, 1.82) is 0 Å². The summed E-state index contributed by atoms with van der Waals surface area (Å²) in [6.07, 6.45) is 2.18. The SMILES string of the molecule is CCN1CCCC(NC(=O)Nc2cccc(C(C)N)c2)C1. The van der Waals surface area contributed by atoms with E-state index in [-0.39, 0.29) is 18.1 Å². The summed E-state index contributed by atoms with van der Waals surface area (Å²) in [7, 11) is 0. The molecule has 1 fully saturated rings. The van der Waals surface area contributed by atoms with Crippen LogP contribution in [0.4, 0.5) is 10.5 Å². The van der Waals surface area contributed by atoms with Gasteiger partial charge in [-0.1, -0.05) is 19.1 Å². The molecule has 1 heterocycles. The zero-order valence-corrected chi connectivity index (χ0v) is 12.9. The van der Waals surface area contributed by atoms with Gasteiger partial charge in [-0.05, 0) is 50.6 Å². The molecule has 116 valence electrons. The van der Waals surface area contributed by atoms with Gasteiger partial charge in [0.25, 0.3) is 0 Å². The number of likely N-dealkylation sites (tertiary alicyclic amines) is 1. The van der Waals surface area contributed by atoms with Crippen molar-refractivity contribution in [3.8, 4) is 0 Å². The lowest BCUT2D eigenvalue weighted by molar-refractivity contribution is 0.196. The minimum absolute atomic E-state index is 0.0359. The second kappa shape index (κ2) is 7.43. The quantitative estimate of drug-likeness (QED) is 0.797. The maximum atomic E-state index is 12.1. The summed E-state index contributed by atoms with van der Waals surface area (Å²) in [6, 6.07) is 7.73. The predicted molar refractivity (Wildman–Crippen MR) is 86.3 cm³/mol. The van der Waals surface area contributed by atoms with Gasteiger partial charge in [-0.15, -0.1) is 0 Å². The molecular formula is C16H26N4O. The summed E-state index contributed by atoms with van der Waals surface area (Å²) < 4.78 is 0. The molecular weight excluding hydrogens is 264 g/mol. The first-order chi connectivity index (χ1) is 10.1. The van der Waals surface area contributed by atoms with Crippen LogP contribution in [0.1, 0.15) is 38.3 Å². The van der Waals surface area contributed by atoms with Crippen molar-refractivity contribution < 1.29 is 4.79 Å². The Morgan fingerprint density at radius 1 is 1.52 bits per heavy atom. The average molecular weight is 290 g/mol. The zero-order chi connectivity index (χ0) is 15.2. The fourth-order valence-electron chi connectivity index (χ4n) is 2.71. The molecule has 0 spiro atoms. The normalized spacial score (nSPS) is 20.8. The Kier molecular flexibility index (Phi) is 5.59. The van der Waals surface area contributed by atoms with Crippen molar-refractivity contribution in [3.63, 3.8) is 0 Å². The number of amides is 2. The highest BCUT2D eigenvalue weighted by molar-refractivity contribution is 5.89. The van der Waals surface area contributed by atoms with E-state index in [1.807, 2.05) is 31.2 Å². The summed E-state index contributed by atoms with van der Waals surface area (Å²) in [6.45, 7) is 7.19. The monoisotopic (exact) mass is 290 g/mol. The van der Waals surface area contributed by atoms with Gasteiger partial charge in [0.2, 0.25) is 0 Å². The van der Waals surface area contributed by atoms with Gasteiger partial charge in [-0.3, -0.25) is 0 Å². The molecule has 2 rings (SSSR count). The average Bonchev–Trinajstić information content (AvgIpc) is 2.47. The third kappa shape index (κ3) is 4.72. The van der Waals surface area contributed by atoms with Crippen LogP contribution in [-0.4, -0.2) is 36.6 Å². The Bertz CT molecular complexity index is 475. The van der Waals surface area contributed by atoms with Gasteiger partial charge in [0.15, 0.2) is 0 Å². The predicted octanol–water partition coefficient (Wildman–Crippen LogP) is 2.31. The number of nitrogens with zero attached hydrogens (tertiary/aromatic N) is 1. The zero-order valence-electron chi connectivity index (χ0n) is 12.9. The first-order valence-corrected chi connectivity index (χ1v) is 7.74. The van der Waals surface area contributed by atoms with E-state index in [1.165, 1.54) is 0 Å². The molecule has 5 heteroatoms. The molecule has 0 aliphatic carbocycles. The molecule has 0 bridgehead atoms. The van der Waals surface area contributed by atoms with E-state index in [1.54, 1.807) is 0 Å². The van der Waals surface area contributed by atoms with E-state index in [2.05, 4.69) is 22.5 Å². The standard InChI is InChI=1S/C16H26N4O/c1-3-20-9-5-8-15(11-20)19-16(21)18-14-7-4-6-13(10-14)12(2)17/h4,6-7,10,12,15H,3,5,8-9,11,17H2,1-2H3,(H2,18,19,21). The minimum atomic E-state index is -0.139. The third-order valence-electron chi connectivity index (χ3n) is 3.96. The fraction of sp³-hybridized carbons (Fsp3) is 0.562. The highest BCUT2D eigenvalue weighted by atomic mass is 16.2. The van der Waals surface area contributed by atoms with Crippen LogP contribution in [0.15, 0.2) is 24.3 Å². The molecule has 1 aliphatic rings. The number of carbonyl (C=O) groups excluding carboxylic acids is 1. The smallest absolute Gasteiger partial charge is 0.319 e. The number of nitrogens with one attached hydrogen (secondary N) is 2. The summed E-state index contributed by atoms with van der Waals surface area (Å²) in [4.78, 5) is 14.5. The van der Waals surface area contributed by atoms with E-state index in [4.69, 9.17) is 5.73 Å². The van der Waals surface area contributed by atoms with E-state index in [9.17, 15) is 4.79 Å². The second-order valence-corrected chi connectivity index (χ2v) is 5.74.